The molecule has 4 heteroatoms. The second-order valence-corrected chi connectivity index (χ2v) is 5.92. The highest BCUT2D eigenvalue weighted by Crippen LogP contribution is 2.27. The minimum absolute atomic E-state index is 0.853. The van der Waals surface area contributed by atoms with Crippen LogP contribution in [0, 0.1) is 0 Å². The van der Waals surface area contributed by atoms with Gasteiger partial charge in [0, 0.05) is 5.38 Å². The van der Waals surface area contributed by atoms with E-state index in [0.29, 0.717) is 0 Å². The largest absolute Gasteiger partial charge is 0.460 e. The van der Waals surface area contributed by atoms with Crippen molar-refractivity contribution >= 4 is 22.2 Å². The molecule has 0 atom stereocenters. The van der Waals surface area contributed by atoms with Gasteiger partial charge in [-0.05, 0) is 36.4 Å². The van der Waals surface area contributed by atoms with Crippen LogP contribution < -0.4 is 9.88 Å². The summed E-state index contributed by atoms with van der Waals surface area (Å²) in [6.45, 7) is 0. The van der Waals surface area contributed by atoms with Crippen molar-refractivity contribution in [2.75, 3.05) is 5.32 Å². The van der Waals surface area contributed by atoms with Gasteiger partial charge in [0.05, 0.1) is 6.26 Å². The number of hydrogen-bond acceptors (Lipinski definition) is 3. The summed E-state index contributed by atoms with van der Waals surface area (Å²) in [6.07, 6.45) is 1.70. The number of anilines is 2. The van der Waals surface area contributed by atoms with Crippen molar-refractivity contribution in [2.45, 2.75) is 0 Å². The van der Waals surface area contributed by atoms with E-state index >= 15 is 0 Å². The van der Waals surface area contributed by atoms with Crippen molar-refractivity contribution in [3.05, 3.63) is 84.4 Å². The molecule has 0 radical (unpaired) electrons. The Balaban J connectivity index is 1.83. The summed E-state index contributed by atoms with van der Waals surface area (Å²) in [7, 11) is 0. The molecule has 2 aromatic heterocycles. The van der Waals surface area contributed by atoms with Crippen LogP contribution in [0.3, 0.4) is 0 Å². The summed E-state index contributed by atoms with van der Waals surface area (Å²) in [6, 6.07) is 24.4. The van der Waals surface area contributed by atoms with Crippen LogP contribution in [-0.4, -0.2) is 0 Å². The first-order chi connectivity index (χ1) is 11.4. The quantitative estimate of drug-likeness (QED) is 0.535. The summed E-state index contributed by atoms with van der Waals surface area (Å²) < 4.78 is 7.78. The molecule has 0 unspecified atom stereocenters. The highest BCUT2D eigenvalue weighted by molar-refractivity contribution is 7.13. The number of thiazole rings is 1. The lowest BCUT2D eigenvalue weighted by Crippen LogP contribution is -2.33. The number of aromatic nitrogens is 1. The third-order valence-electron chi connectivity index (χ3n) is 3.54. The molecule has 2 heterocycles. The molecule has 0 aliphatic carbocycles. The molecule has 23 heavy (non-hydrogen) atoms. The molecule has 0 fully saturated rings. The Labute approximate surface area is 138 Å². The Bertz CT molecular complexity index is 884. The lowest BCUT2D eigenvalue weighted by molar-refractivity contribution is -0.564. The van der Waals surface area contributed by atoms with E-state index in [4.69, 9.17) is 4.42 Å². The zero-order valence-corrected chi connectivity index (χ0v) is 13.2. The van der Waals surface area contributed by atoms with Crippen LogP contribution in [0.1, 0.15) is 0 Å². The fourth-order valence-corrected chi connectivity index (χ4v) is 3.41. The molecule has 2 aromatic carbocycles. The molecule has 112 valence electrons. The van der Waals surface area contributed by atoms with Gasteiger partial charge in [0.1, 0.15) is 11.4 Å². The predicted octanol–water partition coefficient (Wildman–Crippen LogP) is 5.03. The first-order valence-corrected chi connectivity index (χ1v) is 8.25. The number of nitrogens with one attached hydrogen (secondary N) is 1. The second-order valence-electron chi connectivity index (χ2n) is 5.07. The molecule has 0 spiro atoms. The van der Waals surface area contributed by atoms with Crippen molar-refractivity contribution < 1.29 is 8.98 Å². The standard InChI is InChI=1S/C19H14N2OS/c1-3-8-15(9-4-1)20-19-21(16-10-5-2-6-11-16)17(14-23-19)18-12-7-13-22-18/h1-14H/p+1. The van der Waals surface area contributed by atoms with Crippen molar-refractivity contribution in [3.8, 4) is 17.1 Å². The SMILES string of the molecule is c1ccc(Nc2scc(-c3ccco3)[n+]2-c2ccccc2)cc1. The average Bonchev–Trinajstić information content (AvgIpc) is 3.26. The van der Waals surface area contributed by atoms with Crippen molar-refractivity contribution in [2.24, 2.45) is 0 Å². The van der Waals surface area contributed by atoms with E-state index < -0.39 is 0 Å². The van der Waals surface area contributed by atoms with Crippen LogP contribution in [0.5, 0.6) is 0 Å². The van der Waals surface area contributed by atoms with Crippen LogP contribution in [-0.2, 0) is 0 Å². The molecule has 0 aliphatic rings. The molecule has 0 bridgehead atoms. The second kappa shape index (κ2) is 6.10. The minimum atomic E-state index is 0.853. The van der Waals surface area contributed by atoms with Crippen molar-refractivity contribution in [1.29, 1.82) is 0 Å². The topological polar surface area (TPSA) is 29.1 Å². The fraction of sp³-hybridized carbons (Fsp3) is 0. The fourth-order valence-electron chi connectivity index (χ4n) is 2.48. The maximum absolute atomic E-state index is 5.60. The Morgan fingerprint density at radius 1 is 0.826 bits per heavy atom. The number of nitrogens with zero attached hydrogens (tertiary/aromatic N) is 1. The van der Waals surface area contributed by atoms with Crippen LogP contribution in [0.4, 0.5) is 10.8 Å². The smallest absolute Gasteiger partial charge is 0.344 e. The normalized spacial score (nSPS) is 10.6. The Morgan fingerprint density at radius 2 is 1.57 bits per heavy atom. The van der Waals surface area contributed by atoms with Gasteiger partial charge in [-0.25, -0.2) is 5.32 Å². The molecule has 3 nitrogen and oxygen atoms in total. The lowest BCUT2D eigenvalue weighted by atomic mass is 10.3. The van der Waals surface area contributed by atoms with Crippen LogP contribution >= 0.6 is 11.3 Å². The first kappa shape index (κ1) is 13.8. The lowest BCUT2D eigenvalue weighted by Gasteiger charge is -2.04. The molecular weight excluding hydrogens is 304 g/mol. The zero-order chi connectivity index (χ0) is 15.5. The number of para-hydroxylation sites is 2. The van der Waals surface area contributed by atoms with Gasteiger partial charge in [-0.2, -0.15) is 4.57 Å². The summed E-state index contributed by atoms with van der Waals surface area (Å²) in [4.78, 5) is 0. The third-order valence-corrected chi connectivity index (χ3v) is 4.39. The zero-order valence-electron chi connectivity index (χ0n) is 12.3. The molecule has 1 N–H and O–H groups in total. The number of hydrogen-bond donors (Lipinski definition) is 1. The first-order valence-electron chi connectivity index (χ1n) is 7.37. The summed E-state index contributed by atoms with van der Waals surface area (Å²) in [5.74, 6) is 0.853. The Morgan fingerprint density at radius 3 is 2.26 bits per heavy atom. The number of rotatable bonds is 4. The summed E-state index contributed by atoms with van der Waals surface area (Å²) in [5.41, 5.74) is 3.19. The predicted molar refractivity (Wildman–Crippen MR) is 93.3 cm³/mol. The van der Waals surface area contributed by atoms with E-state index in [1.165, 1.54) is 0 Å². The van der Waals surface area contributed by atoms with Gasteiger partial charge in [0.2, 0.25) is 0 Å². The third kappa shape index (κ3) is 2.76. The summed E-state index contributed by atoms with van der Waals surface area (Å²) >= 11 is 1.66. The van der Waals surface area contributed by atoms with Crippen molar-refractivity contribution in [1.82, 2.24) is 0 Å². The van der Waals surface area contributed by atoms with Gasteiger partial charge < -0.3 is 4.42 Å². The van der Waals surface area contributed by atoms with E-state index in [1.54, 1.807) is 17.6 Å². The van der Waals surface area contributed by atoms with Gasteiger partial charge in [0.25, 0.3) is 0 Å². The number of furan rings is 1. The molecule has 0 saturated carbocycles. The van der Waals surface area contributed by atoms with E-state index in [9.17, 15) is 0 Å². The number of benzene rings is 2. The maximum atomic E-state index is 5.60. The van der Waals surface area contributed by atoms with E-state index in [0.717, 1.165) is 28.0 Å². The highest BCUT2D eigenvalue weighted by atomic mass is 32.1. The van der Waals surface area contributed by atoms with E-state index in [1.807, 2.05) is 48.5 Å². The van der Waals surface area contributed by atoms with Gasteiger partial charge in [-0.3, -0.25) is 0 Å². The molecule has 4 rings (SSSR count). The molecular formula is C19H15N2OS+. The minimum Gasteiger partial charge on any atom is -0.460 e. The van der Waals surface area contributed by atoms with Crippen LogP contribution in [0.15, 0.2) is 88.9 Å². The molecule has 0 amide bonds. The Kier molecular flexibility index (Phi) is 3.66. The molecule has 0 saturated heterocycles. The molecule has 0 aliphatic heterocycles. The monoisotopic (exact) mass is 319 g/mol. The van der Waals surface area contributed by atoms with Gasteiger partial charge >= 0.3 is 5.13 Å². The van der Waals surface area contributed by atoms with Gasteiger partial charge in [0.15, 0.2) is 11.5 Å². The average molecular weight is 319 g/mol. The maximum Gasteiger partial charge on any atom is 0.344 e. The molecule has 4 aromatic rings. The van der Waals surface area contributed by atoms with E-state index in [-0.39, 0.29) is 0 Å². The summed E-state index contributed by atoms with van der Waals surface area (Å²) in [5, 5.41) is 6.64. The van der Waals surface area contributed by atoms with Crippen molar-refractivity contribution in [3.63, 3.8) is 0 Å². The van der Waals surface area contributed by atoms with Crippen LogP contribution in [0.2, 0.25) is 0 Å². The van der Waals surface area contributed by atoms with Crippen LogP contribution in [0.25, 0.3) is 17.1 Å². The van der Waals surface area contributed by atoms with Gasteiger partial charge in [-0.15, -0.1) is 0 Å². The van der Waals surface area contributed by atoms with Gasteiger partial charge in [-0.1, -0.05) is 47.7 Å². The Hall–Kier alpha value is -2.85. The van der Waals surface area contributed by atoms with E-state index in [2.05, 4.69) is 39.5 Å². The highest BCUT2D eigenvalue weighted by Gasteiger charge is 2.22.